The van der Waals surface area contributed by atoms with E-state index in [1.54, 1.807) is 27.2 Å². The van der Waals surface area contributed by atoms with Gasteiger partial charge in [-0.1, -0.05) is 12.1 Å². The van der Waals surface area contributed by atoms with E-state index in [2.05, 4.69) is 6.58 Å². The largest absolute Gasteiger partial charge is 0.480 e. The third-order valence-electron chi connectivity index (χ3n) is 3.37. The van der Waals surface area contributed by atoms with Crippen molar-refractivity contribution in [3.05, 3.63) is 35.0 Å². The fourth-order valence-electron chi connectivity index (χ4n) is 2.20. The molecule has 0 aliphatic heterocycles. The van der Waals surface area contributed by atoms with Crippen LogP contribution in [-0.4, -0.2) is 52.5 Å². The summed E-state index contributed by atoms with van der Waals surface area (Å²) in [5.41, 5.74) is 0. The summed E-state index contributed by atoms with van der Waals surface area (Å²) in [6.07, 6.45) is 3.66. The van der Waals surface area contributed by atoms with Crippen LogP contribution in [0.1, 0.15) is 17.7 Å². The van der Waals surface area contributed by atoms with Crippen molar-refractivity contribution in [2.45, 2.75) is 25.4 Å². The highest BCUT2D eigenvalue weighted by atomic mass is 32.1. The van der Waals surface area contributed by atoms with Gasteiger partial charge in [0.25, 0.3) is 0 Å². The van der Waals surface area contributed by atoms with E-state index in [-0.39, 0.29) is 25.0 Å². The molecule has 1 aliphatic rings. The van der Waals surface area contributed by atoms with Crippen LogP contribution in [0.3, 0.4) is 0 Å². The Balaban J connectivity index is 1.96. The van der Waals surface area contributed by atoms with Crippen molar-refractivity contribution in [2.24, 2.45) is 0 Å². The Morgan fingerprint density at radius 1 is 1.43 bits per heavy atom. The van der Waals surface area contributed by atoms with Crippen LogP contribution in [0.4, 0.5) is 0 Å². The number of hydrogen-bond acceptors (Lipinski definition) is 4. The van der Waals surface area contributed by atoms with Gasteiger partial charge in [0, 0.05) is 17.5 Å². The third kappa shape index (κ3) is 4.99. The van der Waals surface area contributed by atoms with E-state index in [4.69, 9.17) is 5.11 Å². The molecule has 6 heteroatoms. The second-order valence-electron chi connectivity index (χ2n) is 5.17. The van der Waals surface area contributed by atoms with E-state index in [1.807, 2.05) is 17.5 Å². The molecule has 0 radical (unpaired) electrons. The lowest BCUT2D eigenvalue weighted by Crippen LogP contribution is -2.42. The van der Waals surface area contributed by atoms with Gasteiger partial charge in [-0.15, -0.1) is 17.9 Å². The first kappa shape index (κ1) is 15.7. The van der Waals surface area contributed by atoms with Gasteiger partial charge in [-0.2, -0.15) is 0 Å². The SMILES string of the molecule is C=CCN(Cc1cccs1)C(=O)CN(CC(=O)O)C1CC1. The van der Waals surface area contributed by atoms with E-state index < -0.39 is 5.97 Å². The van der Waals surface area contributed by atoms with Gasteiger partial charge in [-0.05, 0) is 24.3 Å². The minimum absolute atomic E-state index is 0.0450. The first-order valence-corrected chi connectivity index (χ1v) is 7.85. The highest BCUT2D eigenvalue weighted by molar-refractivity contribution is 7.09. The first-order valence-electron chi connectivity index (χ1n) is 6.97. The van der Waals surface area contributed by atoms with Crippen molar-refractivity contribution in [1.82, 2.24) is 9.80 Å². The zero-order chi connectivity index (χ0) is 15.2. The van der Waals surface area contributed by atoms with Crippen molar-refractivity contribution in [2.75, 3.05) is 19.6 Å². The van der Waals surface area contributed by atoms with Crippen LogP contribution in [0.2, 0.25) is 0 Å². The number of carbonyl (C=O) groups excluding carboxylic acids is 1. The van der Waals surface area contributed by atoms with Crippen LogP contribution >= 0.6 is 11.3 Å². The molecule has 0 bridgehead atoms. The van der Waals surface area contributed by atoms with Gasteiger partial charge in [0.15, 0.2) is 0 Å². The van der Waals surface area contributed by atoms with Crippen molar-refractivity contribution in [3.63, 3.8) is 0 Å². The van der Waals surface area contributed by atoms with Gasteiger partial charge in [-0.25, -0.2) is 0 Å². The highest BCUT2D eigenvalue weighted by Crippen LogP contribution is 2.26. The Morgan fingerprint density at radius 2 is 2.19 bits per heavy atom. The molecule has 1 amide bonds. The Hall–Kier alpha value is -1.66. The quantitative estimate of drug-likeness (QED) is 0.707. The second kappa shape index (κ2) is 7.38. The Bertz CT molecular complexity index is 497. The van der Waals surface area contributed by atoms with Crippen LogP contribution in [0.5, 0.6) is 0 Å². The van der Waals surface area contributed by atoms with Gasteiger partial charge in [-0.3, -0.25) is 14.5 Å². The molecule has 0 spiro atoms. The van der Waals surface area contributed by atoms with Gasteiger partial charge in [0.2, 0.25) is 5.91 Å². The number of amides is 1. The lowest BCUT2D eigenvalue weighted by molar-refractivity contribution is -0.140. The zero-order valence-electron chi connectivity index (χ0n) is 11.9. The van der Waals surface area contributed by atoms with Crippen LogP contribution in [0, 0.1) is 0 Å². The lowest BCUT2D eigenvalue weighted by atomic mass is 10.3. The average molecular weight is 308 g/mol. The van der Waals surface area contributed by atoms with Crippen molar-refractivity contribution in [1.29, 1.82) is 0 Å². The molecule has 1 aromatic rings. The van der Waals surface area contributed by atoms with E-state index in [9.17, 15) is 9.59 Å². The van der Waals surface area contributed by atoms with Crippen LogP contribution < -0.4 is 0 Å². The van der Waals surface area contributed by atoms with E-state index in [0.717, 1.165) is 17.7 Å². The highest BCUT2D eigenvalue weighted by Gasteiger charge is 2.32. The standard InChI is InChI=1S/C15H20N2O3S/c1-2-7-16(9-13-4-3-8-21-13)14(18)10-17(11-15(19)20)12-5-6-12/h2-4,8,12H,1,5-7,9-11H2,(H,19,20). The van der Waals surface area contributed by atoms with Gasteiger partial charge >= 0.3 is 5.97 Å². The molecule has 2 rings (SSSR count). The molecule has 21 heavy (non-hydrogen) atoms. The summed E-state index contributed by atoms with van der Waals surface area (Å²) in [6.45, 7) is 4.80. The summed E-state index contributed by atoms with van der Waals surface area (Å²) in [5, 5.41) is 10.9. The molecule has 1 fully saturated rings. The fourth-order valence-corrected chi connectivity index (χ4v) is 2.92. The number of carbonyl (C=O) groups is 2. The topological polar surface area (TPSA) is 60.9 Å². The molecular weight excluding hydrogens is 288 g/mol. The number of hydrogen-bond donors (Lipinski definition) is 1. The Morgan fingerprint density at radius 3 is 2.71 bits per heavy atom. The third-order valence-corrected chi connectivity index (χ3v) is 4.23. The molecule has 1 aliphatic carbocycles. The van der Waals surface area contributed by atoms with Gasteiger partial charge in [0.05, 0.1) is 19.6 Å². The predicted octanol–water partition coefficient (Wildman–Crippen LogP) is 1.81. The van der Waals surface area contributed by atoms with Crippen LogP contribution in [0.15, 0.2) is 30.2 Å². The summed E-state index contributed by atoms with van der Waals surface area (Å²) in [7, 11) is 0. The maximum atomic E-state index is 12.4. The molecule has 0 atom stereocenters. The summed E-state index contributed by atoms with van der Waals surface area (Å²) >= 11 is 1.61. The predicted molar refractivity (Wildman–Crippen MR) is 82.2 cm³/mol. The summed E-state index contributed by atoms with van der Waals surface area (Å²) in [5.74, 6) is -0.931. The normalized spacial score (nSPS) is 14.1. The average Bonchev–Trinajstić information content (AvgIpc) is 3.15. The monoisotopic (exact) mass is 308 g/mol. The van der Waals surface area contributed by atoms with E-state index >= 15 is 0 Å². The molecule has 1 heterocycles. The number of rotatable bonds is 9. The molecule has 114 valence electrons. The molecular formula is C15H20N2O3S. The fraction of sp³-hybridized carbons (Fsp3) is 0.467. The minimum atomic E-state index is -0.886. The van der Waals surface area contributed by atoms with Crippen molar-refractivity contribution < 1.29 is 14.7 Å². The number of carboxylic acids is 1. The van der Waals surface area contributed by atoms with Gasteiger partial charge < -0.3 is 10.0 Å². The summed E-state index contributed by atoms with van der Waals surface area (Å²) < 4.78 is 0. The molecule has 1 N–H and O–H groups in total. The Labute approximate surface area is 128 Å². The molecule has 0 unspecified atom stereocenters. The molecule has 0 aromatic carbocycles. The smallest absolute Gasteiger partial charge is 0.317 e. The molecule has 1 aromatic heterocycles. The van der Waals surface area contributed by atoms with Crippen LogP contribution in [-0.2, 0) is 16.1 Å². The number of nitrogens with zero attached hydrogens (tertiary/aromatic N) is 2. The van der Waals surface area contributed by atoms with E-state index in [0.29, 0.717) is 13.1 Å². The summed E-state index contributed by atoms with van der Waals surface area (Å²) in [6, 6.07) is 4.19. The Kier molecular flexibility index (Phi) is 5.52. The number of carboxylic acid groups (broad SMARTS) is 1. The van der Waals surface area contributed by atoms with E-state index in [1.165, 1.54) is 0 Å². The number of aliphatic carboxylic acids is 1. The minimum Gasteiger partial charge on any atom is -0.480 e. The molecule has 0 saturated heterocycles. The maximum Gasteiger partial charge on any atom is 0.317 e. The van der Waals surface area contributed by atoms with Crippen LogP contribution in [0.25, 0.3) is 0 Å². The molecule has 5 nitrogen and oxygen atoms in total. The van der Waals surface area contributed by atoms with Crippen molar-refractivity contribution in [3.8, 4) is 0 Å². The zero-order valence-corrected chi connectivity index (χ0v) is 12.7. The number of thiophene rings is 1. The summed E-state index contributed by atoms with van der Waals surface area (Å²) in [4.78, 5) is 27.9. The van der Waals surface area contributed by atoms with Crippen molar-refractivity contribution >= 4 is 23.2 Å². The van der Waals surface area contributed by atoms with Gasteiger partial charge in [0.1, 0.15) is 0 Å². The maximum absolute atomic E-state index is 12.4. The lowest BCUT2D eigenvalue weighted by Gasteiger charge is -2.25. The first-order chi connectivity index (χ1) is 10.1. The molecule has 1 saturated carbocycles. The second-order valence-corrected chi connectivity index (χ2v) is 6.20.